The molecule has 0 radical (unpaired) electrons. The highest BCUT2D eigenvalue weighted by atomic mass is 16.7. The summed E-state index contributed by atoms with van der Waals surface area (Å²) in [4.78, 5) is 0. The molecule has 0 amide bonds. The van der Waals surface area contributed by atoms with Gasteiger partial charge >= 0.3 is 0 Å². The fourth-order valence-electron chi connectivity index (χ4n) is 1.38. The average molecular weight is 202 g/mol. The molecule has 1 saturated heterocycles. The lowest BCUT2D eigenvalue weighted by atomic mass is 10.1. The average Bonchev–Trinajstić information content (AvgIpc) is 2.19. The number of hydrogen-bond donors (Lipinski definition) is 0. The van der Waals surface area contributed by atoms with Crippen molar-refractivity contribution < 1.29 is 14.2 Å². The Morgan fingerprint density at radius 2 is 2.14 bits per heavy atom. The van der Waals surface area contributed by atoms with Gasteiger partial charge in [-0.3, -0.25) is 0 Å². The third-order valence-corrected chi connectivity index (χ3v) is 2.70. The van der Waals surface area contributed by atoms with Gasteiger partial charge in [0.05, 0.1) is 12.2 Å². The molecule has 0 aromatic rings. The van der Waals surface area contributed by atoms with Crippen LogP contribution in [-0.2, 0) is 14.2 Å². The van der Waals surface area contributed by atoms with Crippen LogP contribution < -0.4 is 0 Å². The minimum Gasteiger partial charge on any atom is -0.379 e. The van der Waals surface area contributed by atoms with Crippen LogP contribution in [0.15, 0.2) is 0 Å². The van der Waals surface area contributed by atoms with E-state index in [1.165, 1.54) is 12.8 Å². The molecule has 3 heteroatoms. The van der Waals surface area contributed by atoms with Gasteiger partial charge in [-0.05, 0) is 39.5 Å². The van der Waals surface area contributed by atoms with Crippen molar-refractivity contribution in [2.45, 2.75) is 51.4 Å². The number of methoxy groups -OCH3 is 1. The molecule has 3 nitrogen and oxygen atoms in total. The molecule has 0 bridgehead atoms. The molecule has 84 valence electrons. The second kappa shape index (κ2) is 5.69. The Morgan fingerprint density at radius 1 is 1.36 bits per heavy atom. The molecule has 0 aromatic heterocycles. The van der Waals surface area contributed by atoms with Crippen molar-refractivity contribution in [2.75, 3.05) is 20.3 Å². The van der Waals surface area contributed by atoms with E-state index in [4.69, 9.17) is 14.2 Å². The maximum absolute atomic E-state index is 5.62. The Labute approximate surface area is 86.7 Å². The van der Waals surface area contributed by atoms with E-state index in [9.17, 15) is 0 Å². The second-order valence-electron chi connectivity index (χ2n) is 4.38. The summed E-state index contributed by atoms with van der Waals surface area (Å²) in [5.74, 6) is 0. The Bertz CT molecular complexity index is 151. The van der Waals surface area contributed by atoms with Crippen LogP contribution in [0.1, 0.15) is 39.5 Å². The van der Waals surface area contributed by atoms with Crippen molar-refractivity contribution in [2.24, 2.45) is 0 Å². The highest BCUT2D eigenvalue weighted by Gasteiger charge is 2.18. The molecule has 1 fully saturated rings. The van der Waals surface area contributed by atoms with Crippen LogP contribution >= 0.6 is 0 Å². The van der Waals surface area contributed by atoms with Gasteiger partial charge < -0.3 is 14.2 Å². The molecule has 0 saturated carbocycles. The summed E-state index contributed by atoms with van der Waals surface area (Å²) in [7, 11) is 1.73. The van der Waals surface area contributed by atoms with Crippen molar-refractivity contribution in [1.82, 2.24) is 0 Å². The number of rotatable bonds is 5. The van der Waals surface area contributed by atoms with Gasteiger partial charge in [-0.15, -0.1) is 0 Å². The standard InChI is InChI=1S/C11H22O3/c1-11(2,12-3)7-9-14-10-6-4-5-8-13-10/h10H,4-9H2,1-3H3. The molecule has 1 rings (SSSR count). The van der Waals surface area contributed by atoms with Crippen LogP contribution in [0.25, 0.3) is 0 Å². The lowest BCUT2D eigenvalue weighted by molar-refractivity contribution is -0.169. The van der Waals surface area contributed by atoms with Crippen molar-refractivity contribution in [3.8, 4) is 0 Å². The minimum absolute atomic E-state index is 0.0245. The highest BCUT2D eigenvalue weighted by Crippen LogP contribution is 2.17. The maximum atomic E-state index is 5.62. The predicted octanol–water partition coefficient (Wildman–Crippen LogP) is 2.34. The zero-order chi connectivity index (χ0) is 10.4. The molecule has 1 heterocycles. The van der Waals surface area contributed by atoms with Crippen LogP contribution in [0.3, 0.4) is 0 Å². The first-order chi connectivity index (χ1) is 6.64. The lowest BCUT2D eigenvalue weighted by Crippen LogP contribution is -2.28. The van der Waals surface area contributed by atoms with Crippen molar-refractivity contribution >= 4 is 0 Å². The van der Waals surface area contributed by atoms with E-state index in [1.807, 2.05) is 0 Å². The summed E-state index contributed by atoms with van der Waals surface area (Å²) in [5, 5.41) is 0. The van der Waals surface area contributed by atoms with Gasteiger partial charge in [0.1, 0.15) is 0 Å². The van der Waals surface area contributed by atoms with Gasteiger partial charge in [0.2, 0.25) is 0 Å². The molecule has 14 heavy (non-hydrogen) atoms. The third kappa shape index (κ3) is 4.40. The summed E-state index contributed by atoms with van der Waals surface area (Å²) in [6.07, 6.45) is 4.36. The minimum atomic E-state index is -0.0886. The van der Waals surface area contributed by atoms with Crippen LogP contribution in [0.5, 0.6) is 0 Å². The first-order valence-electron chi connectivity index (χ1n) is 5.42. The van der Waals surface area contributed by atoms with Crippen molar-refractivity contribution in [3.05, 3.63) is 0 Å². The third-order valence-electron chi connectivity index (χ3n) is 2.70. The summed E-state index contributed by atoms with van der Waals surface area (Å²) < 4.78 is 16.4. The largest absolute Gasteiger partial charge is 0.379 e. The Balaban J connectivity index is 2.08. The van der Waals surface area contributed by atoms with Gasteiger partial charge in [0, 0.05) is 13.7 Å². The van der Waals surface area contributed by atoms with E-state index in [2.05, 4.69) is 13.8 Å². The van der Waals surface area contributed by atoms with E-state index in [1.54, 1.807) is 7.11 Å². The Hall–Kier alpha value is -0.120. The summed E-state index contributed by atoms with van der Waals surface area (Å²) in [6.45, 7) is 5.69. The molecule has 1 aliphatic rings. The van der Waals surface area contributed by atoms with Crippen molar-refractivity contribution in [3.63, 3.8) is 0 Å². The topological polar surface area (TPSA) is 27.7 Å². The molecule has 1 atom stereocenters. The quantitative estimate of drug-likeness (QED) is 0.685. The SMILES string of the molecule is COC(C)(C)CCOC1CCCCO1. The maximum Gasteiger partial charge on any atom is 0.157 e. The lowest BCUT2D eigenvalue weighted by Gasteiger charge is -2.26. The molecule has 0 aromatic carbocycles. The van der Waals surface area contributed by atoms with E-state index in [-0.39, 0.29) is 11.9 Å². The van der Waals surface area contributed by atoms with Crippen LogP contribution in [0.4, 0.5) is 0 Å². The molecular weight excluding hydrogens is 180 g/mol. The molecule has 0 aliphatic carbocycles. The zero-order valence-corrected chi connectivity index (χ0v) is 9.54. The van der Waals surface area contributed by atoms with E-state index in [0.717, 1.165) is 19.4 Å². The first kappa shape index (κ1) is 12.0. The van der Waals surface area contributed by atoms with Gasteiger partial charge in [0.15, 0.2) is 6.29 Å². The molecule has 0 N–H and O–H groups in total. The van der Waals surface area contributed by atoms with Gasteiger partial charge in [-0.25, -0.2) is 0 Å². The number of hydrogen-bond acceptors (Lipinski definition) is 3. The molecule has 1 aliphatic heterocycles. The van der Waals surface area contributed by atoms with Gasteiger partial charge in [-0.2, -0.15) is 0 Å². The van der Waals surface area contributed by atoms with E-state index >= 15 is 0 Å². The molecular formula is C11H22O3. The van der Waals surface area contributed by atoms with Crippen LogP contribution in [-0.4, -0.2) is 32.2 Å². The summed E-state index contributed by atoms with van der Waals surface area (Å²) >= 11 is 0. The first-order valence-corrected chi connectivity index (χ1v) is 5.42. The van der Waals surface area contributed by atoms with E-state index < -0.39 is 0 Å². The summed E-state index contributed by atoms with van der Waals surface area (Å²) in [5.41, 5.74) is -0.0886. The highest BCUT2D eigenvalue weighted by molar-refractivity contribution is 4.67. The predicted molar refractivity (Wildman–Crippen MR) is 55.2 cm³/mol. The van der Waals surface area contributed by atoms with Crippen LogP contribution in [0.2, 0.25) is 0 Å². The monoisotopic (exact) mass is 202 g/mol. The smallest absolute Gasteiger partial charge is 0.157 e. The second-order valence-corrected chi connectivity index (χ2v) is 4.38. The molecule has 0 spiro atoms. The normalized spacial score (nSPS) is 23.8. The van der Waals surface area contributed by atoms with Gasteiger partial charge in [0.25, 0.3) is 0 Å². The number of ether oxygens (including phenoxy) is 3. The fraction of sp³-hybridized carbons (Fsp3) is 1.00. The summed E-state index contributed by atoms with van der Waals surface area (Å²) in [6, 6.07) is 0. The Kier molecular flexibility index (Phi) is 4.85. The van der Waals surface area contributed by atoms with E-state index in [0.29, 0.717) is 6.61 Å². The van der Waals surface area contributed by atoms with Crippen molar-refractivity contribution in [1.29, 1.82) is 0 Å². The van der Waals surface area contributed by atoms with Gasteiger partial charge in [-0.1, -0.05) is 0 Å². The molecule has 1 unspecified atom stereocenters. The zero-order valence-electron chi connectivity index (χ0n) is 9.54. The Morgan fingerprint density at radius 3 is 2.71 bits per heavy atom. The fourth-order valence-corrected chi connectivity index (χ4v) is 1.38. The van der Waals surface area contributed by atoms with Crippen LogP contribution in [0, 0.1) is 0 Å².